The van der Waals surface area contributed by atoms with Crippen molar-refractivity contribution >= 4 is 27.6 Å². The number of ether oxygens (including phenoxy) is 1. The molecule has 0 N–H and O–H groups in total. The van der Waals surface area contributed by atoms with Crippen LogP contribution in [0, 0.1) is 0 Å². The van der Waals surface area contributed by atoms with Gasteiger partial charge in [-0.2, -0.15) is 0 Å². The molecule has 0 saturated carbocycles. The Kier molecular flexibility index (Phi) is 2.69. The average Bonchev–Trinajstić information content (AvgIpc) is 2.56. The molecule has 1 atom stereocenters. The van der Waals surface area contributed by atoms with Crippen LogP contribution in [0.3, 0.4) is 0 Å². The summed E-state index contributed by atoms with van der Waals surface area (Å²) >= 11 is 3.49. The lowest BCUT2D eigenvalue weighted by atomic mass is 10.1. The monoisotopic (exact) mass is 269 g/mol. The molecule has 1 heterocycles. The number of rotatable bonds is 1. The van der Waals surface area contributed by atoms with Crippen molar-refractivity contribution in [2.45, 2.75) is 12.5 Å². The van der Waals surface area contributed by atoms with Gasteiger partial charge in [0.15, 0.2) is 0 Å². The summed E-state index contributed by atoms with van der Waals surface area (Å²) in [5.74, 6) is -0.180. The number of halogens is 1. The van der Waals surface area contributed by atoms with Gasteiger partial charge in [0.2, 0.25) is 0 Å². The molecule has 0 aliphatic carbocycles. The fourth-order valence-corrected chi connectivity index (χ4v) is 2.69. The second kappa shape index (κ2) is 3.85. The molecule has 0 radical (unpaired) electrons. The van der Waals surface area contributed by atoms with E-state index in [4.69, 9.17) is 4.74 Å². The number of hydrogen-bond acceptors (Lipinski definition) is 3. The molecule has 0 amide bonds. The highest BCUT2D eigenvalue weighted by atomic mass is 79.9. The van der Waals surface area contributed by atoms with Crippen LogP contribution in [-0.4, -0.2) is 26.2 Å². The summed E-state index contributed by atoms with van der Waals surface area (Å²) in [5.41, 5.74) is 2.27. The second-order valence-electron chi connectivity index (χ2n) is 3.60. The van der Waals surface area contributed by atoms with Gasteiger partial charge < -0.3 is 9.64 Å². The van der Waals surface area contributed by atoms with Gasteiger partial charge in [0, 0.05) is 17.9 Å². The minimum atomic E-state index is -0.191. The number of esters is 1. The molecule has 0 fully saturated rings. The van der Waals surface area contributed by atoms with Crippen molar-refractivity contribution in [1.82, 2.24) is 0 Å². The van der Waals surface area contributed by atoms with Crippen molar-refractivity contribution < 1.29 is 9.53 Å². The molecule has 1 aliphatic heterocycles. The lowest BCUT2D eigenvalue weighted by molar-refractivity contribution is -0.141. The minimum Gasteiger partial charge on any atom is -0.467 e. The van der Waals surface area contributed by atoms with Crippen molar-refractivity contribution in [2.24, 2.45) is 0 Å². The molecule has 0 bridgehead atoms. The van der Waals surface area contributed by atoms with Crippen LogP contribution in [0.25, 0.3) is 0 Å². The smallest absolute Gasteiger partial charge is 0.328 e. The third-order valence-corrected chi connectivity index (χ3v) is 3.42. The third kappa shape index (κ3) is 1.63. The highest BCUT2D eigenvalue weighted by molar-refractivity contribution is 9.10. The van der Waals surface area contributed by atoms with Gasteiger partial charge in [0.1, 0.15) is 6.04 Å². The molecule has 1 aromatic rings. The van der Waals surface area contributed by atoms with E-state index in [2.05, 4.69) is 15.9 Å². The lowest BCUT2D eigenvalue weighted by Crippen LogP contribution is -2.36. The Morgan fingerprint density at radius 2 is 2.33 bits per heavy atom. The van der Waals surface area contributed by atoms with Gasteiger partial charge in [0.25, 0.3) is 0 Å². The molecule has 1 unspecified atom stereocenters. The first kappa shape index (κ1) is 10.5. The second-order valence-corrected chi connectivity index (χ2v) is 4.46. The maximum atomic E-state index is 11.5. The molecule has 2 rings (SSSR count). The standard InChI is InChI=1S/C11H12BrNO2/c1-13-9(11(14)15-2)6-7-4-3-5-8(12)10(7)13/h3-5,9H,6H2,1-2H3. The first-order valence-electron chi connectivity index (χ1n) is 4.73. The predicted octanol–water partition coefficient (Wildman–Crippen LogP) is 1.98. The van der Waals surface area contributed by atoms with Gasteiger partial charge in [-0.3, -0.25) is 0 Å². The number of likely N-dealkylation sites (N-methyl/N-ethyl adjacent to an activating group) is 1. The first-order valence-corrected chi connectivity index (χ1v) is 5.52. The average molecular weight is 270 g/mol. The van der Waals surface area contributed by atoms with Gasteiger partial charge in [-0.15, -0.1) is 0 Å². The van der Waals surface area contributed by atoms with Crippen LogP contribution in [0.5, 0.6) is 0 Å². The first-order chi connectivity index (χ1) is 7.15. The van der Waals surface area contributed by atoms with E-state index in [-0.39, 0.29) is 12.0 Å². The molecule has 80 valence electrons. The lowest BCUT2D eigenvalue weighted by Gasteiger charge is -2.20. The molecular weight excluding hydrogens is 258 g/mol. The topological polar surface area (TPSA) is 29.5 Å². The van der Waals surface area contributed by atoms with E-state index in [9.17, 15) is 4.79 Å². The van der Waals surface area contributed by atoms with Gasteiger partial charge in [-0.1, -0.05) is 12.1 Å². The summed E-state index contributed by atoms with van der Waals surface area (Å²) in [5, 5.41) is 0. The number of nitrogens with zero attached hydrogens (tertiary/aromatic N) is 1. The van der Waals surface area contributed by atoms with Crippen LogP contribution in [0.4, 0.5) is 5.69 Å². The maximum absolute atomic E-state index is 11.5. The predicted molar refractivity (Wildman–Crippen MR) is 62.1 cm³/mol. The van der Waals surface area contributed by atoms with Crippen LogP contribution >= 0.6 is 15.9 Å². The SMILES string of the molecule is COC(=O)C1Cc2cccc(Br)c2N1C. The Hall–Kier alpha value is -1.03. The normalized spacial score (nSPS) is 18.9. The van der Waals surface area contributed by atoms with Gasteiger partial charge >= 0.3 is 5.97 Å². The summed E-state index contributed by atoms with van der Waals surface area (Å²) in [7, 11) is 3.34. The van der Waals surface area contributed by atoms with Crippen LogP contribution < -0.4 is 4.90 Å². The fraction of sp³-hybridized carbons (Fsp3) is 0.364. The Balaban J connectivity index is 2.37. The van der Waals surface area contributed by atoms with E-state index in [1.54, 1.807) is 0 Å². The van der Waals surface area contributed by atoms with Gasteiger partial charge in [-0.25, -0.2) is 4.79 Å². The molecule has 15 heavy (non-hydrogen) atoms. The number of hydrogen-bond donors (Lipinski definition) is 0. The van der Waals surface area contributed by atoms with E-state index in [0.29, 0.717) is 0 Å². The number of methoxy groups -OCH3 is 1. The van der Waals surface area contributed by atoms with E-state index < -0.39 is 0 Å². The van der Waals surface area contributed by atoms with Gasteiger partial charge in [-0.05, 0) is 27.6 Å². The molecule has 1 aromatic carbocycles. The number of para-hydroxylation sites is 1. The molecular formula is C11H12BrNO2. The third-order valence-electron chi connectivity index (χ3n) is 2.78. The fourth-order valence-electron chi connectivity index (χ4n) is 2.00. The van der Waals surface area contributed by atoms with Crippen molar-refractivity contribution in [2.75, 3.05) is 19.1 Å². The summed E-state index contributed by atoms with van der Waals surface area (Å²) in [6, 6.07) is 5.81. The number of carbonyl (C=O) groups is 1. The number of fused-ring (bicyclic) bond motifs is 1. The van der Waals surface area contributed by atoms with E-state index in [1.807, 2.05) is 30.1 Å². The Bertz CT molecular complexity index is 406. The molecule has 0 aromatic heterocycles. The largest absolute Gasteiger partial charge is 0.467 e. The summed E-state index contributed by atoms with van der Waals surface area (Å²) < 4.78 is 5.80. The van der Waals surface area contributed by atoms with Crippen molar-refractivity contribution in [3.63, 3.8) is 0 Å². The Morgan fingerprint density at radius 3 is 2.93 bits per heavy atom. The quantitative estimate of drug-likeness (QED) is 0.731. The Labute approximate surface area is 97.2 Å². The number of anilines is 1. The highest BCUT2D eigenvalue weighted by Crippen LogP contribution is 2.37. The van der Waals surface area contributed by atoms with Crippen molar-refractivity contribution in [3.05, 3.63) is 28.2 Å². The van der Waals surface area contributed by atoms with Crippen LogP contribution in [0.15, 0.2) is 22.7 Å². The Morgan fingerprint density at radius 1 is 1.60 bits per heavy atom. The molecule has 3 nitrogen and oxygen atoms in total. The summed E-state index contributed by atoms with van der Waals surface area (Å²) in [4.78, 5) is 13.5. The zero-order valence-electron chi connectivity index (χ0n) is 8.66. The number of benzene rings is 1. The molecule has 0 saturated heterocycles. The maximum Gasteiger partial charge on any atom is 0.328 e. The van der Waals surface area contributed by atoms with E-state index in [1.165, 1.54) is 12.7 Å². The summed E-state index contributed by atoms with van der Waals surface area (Å²) in [6.07, 6.45) is 0.720. The minimum absolute atomic E-state index is 0.180. The zero-order chi connectivity index (χ0) is 11.0. The van der Waals surface area contributed by atoms with Crippen molar-refractivity contribution in [1.29, 1.82) is 0 Å². The van der Waals surface area contributed by atoms with Gasteiger partial charge in [0.05, 0.1) is 12.8 Å². The molecule has 4 heteroatoms. The molecule has 0 spiro atoms. The van der Waals surface area contributed by atoms with Crippen molar-refractivity contribution in [3.8, 4) is 0 Å². The van der Waals surface area contributed by atoms with Crippen LogP contribution in [-0.2, 0) is 16.0 Å². The molecule has 1 aliphatic rings. The highest BCUT2D eigenvalue weighted by Gasteiger charge is 2.33. The zero-order valence-corrected chi connectivity index (χ0v) is 10.2. The van der Waals surface area contributed by atoms with Crippen LogP contribution in [0.1, 0.15) is 5.56 Å². The summed E-state index contributed by atoms with van der Waals surface area (Å²) in [6.45, 7) is 0. The van der Waals surface area contributed by atoms with E-state index in [0.717, 1.165) is 16.6 Å². The van der Waals surface area contributed by atoms with E-state index >= 15 is 0 Å². The number of carbonyl (C=O) groups excluding carboxylic acids is 1. The van der Waals surface area contributed by atoms with Crippen LogP contribution in [0.2, 0.25) is 0 Å².